The third kappa shape index (κ3) is 5.29. The van der Waals surface area contributed by atoms with Crippen molar-refractivity contribution in [3.63, 3.8) is 0 Å². The number of halogens is 2. The monoisotopic (exact) mass is 373 g/mol. The molecule has 0 saturated heterocycles. The molecule has 0 nitrogen and oxygen atoms in total. The molecule has 0 aliphatic rings. The molecule has 0 spiro atoms. The Morgan fingerprint density at radius 2 is 1.58 bits per heavy atom. The zero-order chi connectivity index (χ0) is 11.5. The van der Waals surface area contributed by atoms with Gasteiger partial charge in [0.25, 0.3) is 0 Å². The van der Waals surface area contributed by atoms with Crippen LogP contribution in [0.25, 0.3) is 10.8 Å². The van der Waals surface area contributed by atoms with Gasteiger partial charge >= 0.3 is 26.2 Å². The smallest absolute Gasteiger partial charge is 1.00 e. The fourth-order valence-corrected chi connectivity index (χ4v) is 2.53. The van der Waals surface area contributed by atoms with E-state index in [0.29, 0.717) is 0 Å². The fraction of sp³-hybridized carbons (Fsp3) is 0.438. The van der Waals surface area contributed by atoms with E-state index in [-0.39, 0.29) is 51.0 Å². The maximum absolute atomic E-state index is 2.41. The van der Waals surface area contributed by atoms with E-state index in [2.05, 4.69) is 45.0 Å². The first kappa shape index (κ1) is 21.6. The topological polar surface area (TPSA) is 0 Å². The predicted octanol–water partition coefficient (Wildman–Crippen LogP) is -1.22. The molecule has 0 heterocycles. The Kier molecular flexibility index (Phi) is 11.5. The van der Waals surface area contributed by atoms with Crippen LogP contribution in [0, 0.1) is 6.92 Å². The SMILES string of the molecule is CCCc1cc(CCC)c2cc(C)[cH-]c2c1.[Cl-].[Cl-].[Zr+3]. The first-order valence-corrected chi connectivity index (χ1v) is 6.43. The minimum Gasteiger partial charge on any atom is -1.00 e. The van der Waals surface area contributed by atoms with Gasteiger partial charge in [-0.05, 0) is 12.8 Å². The summed E-state index contributed by atoms with van der Waals surface area (Å²) in [5.74, 6) is 0. The summed E-state index contributed by atoms with van der Waals surface area (Å²) >= 11 is 0. The first-order valence-electron chi connectivity index (χ1n) is 6.43. The molecule has 0 aliphatic heterocycles. The summed E-state index contributed by atoms with van der Waals surface area (Å²) in [6.45, 7) is 6.70. The summed E-state index contributed by atoms with van der Waals surface area (Å²) in [4.78, 5) is 0. The second kappa shape index (κ2) is 10.1. The van der Waals surface area contributed by atoms with Gasteiger partial charge in [-0.15, -0.1) is 28.5 Å². The molecule has 0 N–H and O–H groups in total. The Hall–Kier alpha value is 0.293. The molecule has 0 bridgehead atoms. The maximum atomic E-state index is 2.41. The average Bonchev–Trinajstić information content (AvgIpc) is 2.60. The van der Waals surface area contributed by atoms with Gasteiger partial charge in [-0.25, -0.2) is 0 Å². The van der Waals surface area contributed by atoms with Gasteiger partial charge in [-0.2, -0.15) is 6.07 Å². The average molecular weight is 375 g/mol. The Balaban J connectivity index is 0. The van der Waals surface area contributed by atoms with Gasteiger partial charge in [0.15, 0.2) is 0 Å². The number of hydrogen-bond acceptors (Lipinski definition) is 0. The molecule has 0 amide bonds. The van der Waals surface area contributed by atoms with Crippen molar-refractivity contribution in [1.29, 1.82) is 0 Å². The van der Waals surface area contributed by atoms with Gasteiger partial charge in [0.2, 0.25) is 0 Å². The molecule has 2 aromatic carbocycles. The van der Waals surface area contributed by atoms with Crippen molar-refractivity contribution >= 4 is 10.8 Å². The van der Waals surface area contributed by atoms with Crippen molar-refractivity contribution in [2.24, 2.45) is 0 Å². The van der Waals surface area contributed by atoms with Crippen LogP contribution >= 0.6 is 0 Å². The van der Waals surface area contributed by atoms with Crippen LogP contribution in [0.3, 0.4) is 0 Å². The van der Waals surface area contributed by atoms with Crippen molar-refractivity contribution in [3.8, 4) is 0 Å². The van der Waals surface area contributed by atoms with Crippen LogP contribution in [-0.2, 0) is 39.0 Å². The van der Waals surface area contributed by atoms with Crippen molar-refractivity contribution < 1.29 is 51.0 Å². The second-order valence-corrected chi connectivity index (χ2v) is 4.79. The van der Waals surface area contributed by atoms with E-state index in [4.69, 9.17) is 0 Å². The minimum absolute atomic E-state index is 0. The van der Waals surface area contributed by atoms with Crippen LogP contribution in [0.4, 0.5) is 0 Å². The Morgan fingerprint density at radius 1 is 0.947 bits per heavy atom. The molecule has 1 radical (unpaired) electrons. The third-order valence-electron chi connectivity index (χ3n) is 3.17. The summed E-state index contributed by atoms with van der Waals surface area (Å²) in [5.41, 5.74) is 4.43. The number of benzene rings is 1. The van der Waals surface area contributed by atoms with Gasteiger partial charge < -0.3 is 24.8 Å². The Labute approximate surface area is 148 Å². The largest absolute Gasteiger partial charge is 3.00 e. The summed E-state index contributed by atoms with van der Waals surface area (Å²) in [7, 11) is 0. The Bertz CT molecular complexity index is 489. The molecule has 103 valence electrons. The van der Waals surface area contributed by atoms with Crippen LogP contribution < -0.4 is 24.8 Å². The molecule has 2 aromatic rings. The van der Waals surface area contributed by atoms with E-state index in [1.54, 1.807) is 0 Å². The van der Waals surface area contributed by atoms with Gasteiger partial charge in [-0.3, -0.25) is 0 Å². The zero-order valence-electron chi connectivity index (χ0n) is 11.9. The molecular weight excluding hydrogens is 354 g/mol. The van der Waals surface area contributed by atoms with Crippen LogP contribution in [-0.4, -0.2) is 0 Å². The molecule has 0 aromatic heterocycles. The second-order valence-electron chi connectivity index (χ2n) is 4.79. The molecule has 19 heavy (non-hydrogen) atoms. The van der Waals surface area contributed by atoms with Gasteiger partial charge in [0.1, 0.15) is 0 Å². The molecule has 0 unspecified atom stereocenters. The normalized spacial score (nSPS) is 9.42. The standard InChI is InChI=1S/C16H21.2ClH.Zr/c1-4-6-13-10-14(7-5-2)16-9-12(3)8-15(16)11-13;;;/h8-11H,4-7H2,1-3H3;2*1H;/q-1;;;+3/p-2. The summed E-state index contributed by atoms with van der Waals surface area (Å²) in [6.07, 6.45) is 4.88. The maximum Gasteiger partial charge on any atom is 3.00 e. The molecular formula is C16H21Cl2Zr. The quantitative estimate of drug-likeness (QED) is 0.588. The summed E-state index contributed by atoms with van der Waals surface area (Å²) < 4.78 is 0. The van der Waals surface area contributed by atoms with Crippen molar-refractivity contribution in [3.05, 3.63) is 41.0 Å². The summed E-state index contributed by atoms with van der Waals surface area (Å²) in [6, 6.07) is 9.42. The van der Waals surface area contributed by atoms with E-state index in [1.165, 1.54) is 53.1 Å². The number of aryl methyl sites for hydroxylation is 3. The summed E-state index contributed by atoms with van der Waals surface area (Å²) in [5, 5.41) is 2.91. The zero-order valence-corrected chi connectivity index (χ0v) is 15.9. The van der Waals surface area contributed by atoms with Crippen LogP contribution in [0.1, 0.15) is 43.4 Å². The van der Waals surface area contributed by atoms with Crippen molar-refractivity contribution in [1.82, 2.24) is 0 Å². The molecule has 0 fully saturated rings. The van der Waals surface area contributed by atoms with E-state index < -0.39 is 0 Å². The van der Waals surface area contributed by atoms with E-state index in [9.17, 15) is 0 Å². The fourth-order valence-electron chi connectivity index (χ4n) is 2.53. The van der Waals surface area contributed by atoms with E-state index in [0.717, 1.165) is 0 Å². The van der Waals surface area contributed by atoms with Crippen molar-refractivity contribution in [2.45, 2.75) is 46.5 Å². The molecule has 2 rings (SSSR count). The number of fused-ring (bicyclic) bond motifs is 1. The van der Waals surface area contributed by atoms with Crippen LogP contribution in [0.2, 0.25) is 0 Å². The van der Waals surface area contributed by atoms with Crippen LogP contribution in [0.15, 0.2) is 24.3 Å². The molecule has 3 heteroatoms. The molecule has 0 aliphatic carbocycles. The number of rotatable bonds is 4. The van der Waals surface area contributed by atoms with Crippen molar-refractivity contribution in [2.75, 3.05) is 0 Å². The van der Waals surface area contributed by atoms with Crippen LogP contribution in [0.5, 0.6) is 0 Å². The van der Waals surface area contributed by atoms with Gasteiger partial charge in [0, 0.05) is 0 Å². The minimum atomic E-state index is 0. The molecule has 0 saturated carbocycles. The van der Waals surface area contributed by atoms with Gasteiger partial charge in [-0.1, -0.05) is 50.8 Å². The van der Waals surface area contributed by atoms with E-state index >= 15 is 0 Å². The molecule has 0 atom stereocenters. The first-order chi connectivity index (χ1) is 7.74. The number of hydrogen-bond donors (Lipinski definition) is 0. The predicted molar refractivity (Wildman–Crippen MR) is 72.3 cm³/mol. The third-order valence-corrected chi connectivity index (χ3v) is 3.17. The van der Waals surface area contributed by atoms with E-state index in [1.807, 2.05) is 0 Å². The Morgan fingerprint density at radius 3 is 2.16 bits per heavy atom. The van der Waals surface area contributed by atoms with Gasteiger partial charge in [0.05, 0.1) is 0 Å².